The molecule has 0 saturated heterocycles. The summed E-state index contributed by atoms with van der Waals surface area (Å²) in [5, 5.41) is 2.62. The minimum Gasteiger partial charge on any atom is -0.383 e. The number of halogens is 2. The van der Waals surface area contributed by atoms with Crippen LogP contribution in [0, 0.1) is 0 Å². The number of amides is 1. The molecule has 0 bridgehead atoms. The van der Waals surface area contributed by atoms with Gasteiger partial charge < -0.3 is 10.1 Å². The van der Waals surface area contributed by atoms with Crippen molar-refractivity contribution in [3.05, 3.63) is 29.8 Å². The number of hydrogen-bond donors (Lipinski definition) is 1. The van der Waals surface area contributed by atoms with Crippen LogP contribution in [0.25, 0.3) is 0 Å². The number of sulfone groups is 1. The summed E-state index contributed by atoms with van der Waals surface area (Å²) in [6, 6.07) is 4.11. The van der Waals surface area contributed by atoms with Crippen LogP contribution in [0.1, 0.15) is 17.3 Å². The highest BCUT2D eigenvalue weighted by molar-refractivity contribution is 7.91. The number of ether oxygens (including phenoxy) is 1. The maximum Gasteiger partial charge on any atom is 0.341 e. The highest BCUT2D eigenvalue weighted by atomic mass is 32.2. The molecular weight excluding hydrogens is 292 g/mol. The quantitative estimate of drug-likeness (QED) is 0.863. The maximum atomic E-state index is 12.3. The van der Waals surface area contributed by atoms with Crippen molar-refractivity contribution in [2.45, 2.75) is 23.6 Å². The summed E-state index contributed by atoms with van der Waals surface area (Å²) in [6.07, 6.45) is 0. The highest BCUT2D eigenvalue weighted by Crippen LogP contribution is 2.18. The largest absolute Gasteiger partial charge is 0.383 e. The molecule has 1 atom stereocenters. The van der Waals surface area contributed by atoms with Gasteiger partial charge in [-0.3, -0.25) is 4.79 Å². The molecule has 1 unspecified atom stereocenters. The van der Waals surface area contributed by atoms with Gasteiger partial charge in [0.15, 0.2) is 0 Å². The van der Waals surface area contributed by atoms with Gasteiger partial charge in [-0.25, -0.2) is 8.42 Å². The van der Waals surface area contributed by atoms with E-state index in [2.05, 4.69) is 5.32 Å². The van der Waals surface area contributed by atoms with Crippen LogP contribution in [0.4, 0.5) is 8.78 Å². The fraction of sp³-hybridized carbons (Fsp3) is 0.417. The van der Waals surface area contributed by atoms with E-state index in [-0.39, 0.29) is 11.6 Å². The fourth-order valence-corrected chi connectivity index (χ4v) is 2.22. The number of benzene rings is 1. The number of rotatable bonds is 6. The molecule has 0 aliphatic carbocycles. The Bertz CT molecular complexity index is 557. The summed E-state index contributed by atoms with van der Waals surface area (Å²) in [6.45, 7) is 2.06. The van der Waals surface area contributed by atoms with Gasteiger partial charge >= 0.3 is 5.76 Å². The lowest BCUT2D eigenvalue weighted by Crippen LogP contribution is -2.35. The molecule has 0 saturated carbocycles. The summed E-state index contributed by atoms with van der Waals surface area (Å²) in [5.41, 5.74) is 0.182. The highest BCUT2D eigenvalue weighted by Gasteiger charge is 2.26. The SMILES string of the molecule is COCC(C)NC(=O)c1ccc(S(=O)(=O)C(F)F)cc1. The van der Waals surface area contributed by atoms with Crippen molar-refractivity contribution in [1.29, 1.82) is 0 Å². The minimum absolute atomic E-state index is 0.182. The van der Waals surface area contributed by atoms with Crippen LogP contribution in [-0.4, -0.2) is 39.8 Å². The molecule has 0 fully saturated rings. The third-order valence-corrected chi connectivity index (χ3v) is 3.87. The Kier molecular flexibility index (Phi) is 5.58. The van der Waals surface area contributed by atoms with E-state index in [0.29, 0.717) is 6.61 Å². The number of carbonyl (C=O) groups is 1. The normalized spacial score (nSPS) is 13.2. The summed E-state index contributed by atoms with van der Waals surface area (Å²) >= 11 is 0. The monoisotopic (exact) mass is 307 g/mol. The third-order valence-electron chi connectivity index (χ3n) is 2.47. The predicted octanol–water partition coefficient (Wildman–Crippen LogP) is 1.45. The van der Waals surface area contributed by atoms with Gasteiger partial charge in [0.2, 0.25) is 9.84 Å². The molecule has 112 valence electrons. The van der Waals surface area contributed by atoms with Crippen LogP contribution < -0.4 is 5.32 Å². The Morgan fingerprint density at radius 2 is 1.85 bits per heavy atom. The van der Waals surface area contributed by atoms with Crippen LogP contribution in [0.2, 0.25) is 0 Å². The van der Waals surface area contributed by atoms with Crippen LogP contribution in [0.3, 0.4) is 0 Å². The summed E-state index contributed by atoms with van der Waals surface area (Å²) < 4.78 is 51.9. The van der Waals surface area contributed by atoms with Crippen LogP contribution in [-0.2, 0) is 14.6 Å². The molecule has 5 nitrogen and oxygen atoms in total. The van der Waals surface area contributed by atoms with E-state index in [1.165, 1.54) is 19.2 Å². The first-order valence-corrected chi connectivity index (χ1v) is 7.25. The smallest absolute Gasteiger partial charge is 0.341 e. The van der Waals surface area contributed by atoms with Crippen molar-refractivity contribution in [2.24, 2.45) is 0 Å². The van der Waals surface area contributed by atoms with Crippen LogP contribution >= 0.6 is 0 Å². The molecule has 1 aromatic rings. The summed E-state index contributed by atoms with van der Waals surface area (Å²) in [4.78, 5) is 11.2. The average molecular weight is 307 g/mol. The van der Waals surface area contributed by atoms with E-state index in [9.17, 15) is 22.0 Å². The van der Waals surface area contributed by atoms with Gasteiger partial charge in [0.25, 0.3) is 5.91 Å². The first-order valence-electron chi connectivity index (χ1n) is 5.71. The molecule has 0 spiro atoms. The molecule has 0 heterocycles. The first-order chi connectivity index (χ1) is 9.28. The van der Waals surface area contributed by atoms with Crippen molar-refractivity contribution < 1.29 is 26.7 Å². The molecule has 1 aromatic carbocycles. The van der Waals surface area contributed by atoms with E-state index >= 15 is 0 Å². The lowest BCUT2D eigenvalue weighted by Gasteiger charge is -2.12. The van der Waals surface area contributed by atoms with Crippen LogP contribution in [0.15, 0.2) is 29.2 Å². The van der Waals surface area contributed by atoms with E-state index in [1.807, 2.05) is 0 Å². The maximum absolute atomic E-state index is 12.3. The predicted molar refractivity (Wildman–Crippen MR) is 68.4 cm³/mol. The topological polar surface area (TPSA) is 72.5 Å². The van der Waals surface area contributed by atoms with Gasteiger partial charge in [0.05, 0.1) is 11.5 Å². The number of nitrogens with one attached hydrogen (secondary N) is 1. The Morgan fingerprint density at radius 1 is 1.30 bits per heavy atom. The molecule has 20 heavy (non-hydrogen) atoms. The van der Waals surface area contributed by atoms with Gasteiger partial charge in [0.1, 0.15) is 0 Å². The standard InChI is InChI=1S/C12H15F2NO4S/c1-8(7-19-2)15-11(16)9-3-5-10(6-4-9)20(17,18)12(13)14/h3-6,8,12H,7H2,1-2H3,(H,15,16). The minimum atomic E-state index is -4.64. The van der Waals surface area contributed by atoms with Gasteiger partial charge in [0, 0.05) is 18.7 Å². The van der Waals surface area contributed by atoms with Gasteiger partial charge in [-0.2, -0.15) is 8.78 Å². The number of hydrogen-bond acceptors (Lipinski definition) is 4. The molecule has 1 N–H and O–H groups in total. The van der Waals surface area contributed by atoms with E-state index in [0.717, 1.165) is 12.1 Å². The van der Waals surface area contributed by atoms with Crippen molar-refractivity contribution in [3.63, 3.8) is 0 Å². The Morgan fingerprint density at radius 3 is 2.30 bits per heavy atom. The molecule has 0 aliphatic heterocycles. The zero-order chi connectivity index (χ0) is 15.3. The van der Waals surface area contributed by atoms with E-state index in [1.54, 1.807) is 6.92 Å². The van der Waals surface area contributed by atoms with Gasteiger partial charge in [-0.05, 0) is 31.2 Å². The second-order valence-corrected chi connectivity index (χ2v) is 6.08. The number of carbonyl (C=O) groups excluding carboxylic acids is 1. The molecular formula is C12H15F2NO4S. The Labute approximate surface area is 115 Å². The Balaban J connectivity index is 2.84. The molecule has 1 amide bonds. The van der Waals surface area contributed by atoms with Crippen LogP contribution in [0.5, 0.6) is 0 Å². The lowest BCUT2D eigenvalue weighted by atomic mass is 10.2. The van der Waals surface area contributed by atoms with E-state index in [4.69, 9.17) is 4.74 Å². The molecule has 8 heteroatoms. The zero-order valence-corrected chi connectivity index (χ0v) is 11.8. The van der Waals surface area contributed by atoms with Gasteiger partial charge in [-0.15, -0.1) is 0 Å². The summed E-state index contributed by atoms with van der Waals surface area (Å²) in [7, 11) is -3.14. The zero-order valence-electron chi connectivity index (χ0n) is 11.0. The Hall–Kier alpha value is -1.54. The first kappa shape index (κ1) is 16.5. The van der Waals surface area contributed by atoms with Crippen molar-refractivity contribution in [2.75, 3.05) is 13.7 Å². The lowest BCUT2D eigenvalue weighted by molar-refractivity contribution is 0.0905. The molecule has 0 aliphatic rings. The van der Waals surface area contributed by atoms with E-state index < -0.39 is 26.4 Å². The van der Waals surface area contributed by atoms with Crippen molar-refractivity contribution >= 4 is 15.7 Å². The number of alkyl halides is 2. The molecule has 1 rings (SSSR count). The molecule has 0 aromatic heterocycles. The molecule has 0 radical (unpaired) electrons. The van der Waals surface area contributed by atoms with Gasteiger partial charge in [-0.1, -0.05) is 0 Å². The number of methoxy groups -OCH3 is 1. The second-order valence-electron chi connectivity index (χ2n) is 4.16. The second kappa shape index (κ2) is 6.76. The van der Waals surface area contributed by atoms with Crippen molar-refractivity contribution in [1.82, 2.24) is 5.32 Å². The van der Waals surface area contributed by atoms with Crippen molar-refractivity contribution in [3.8, 4) is 0 Å². The third kappa shape index (κ3) is 3.97. The fourth-order valence-electron chi connectivity index (χ4n) is 1.50. The summed E-state index contributed by atoms with van der Waals surface area (Å²) in [5.74, 6) is -3.92. The average Bonchev–Trinajstić information content (AvgIpc) is 2.38.